The summed E-state index contributed by atoms with van der Waals surface area (Å²) in [5.74, 6) is 1.01. The van der Waals surface area contributed by atoms with Crippen molar-refractivity contribution in [1.29, 1.82) is 5.26 Å². The van der Waals surface area contributed by atoms with Crippen LogP contribution in [0.15, 0.2) is 9.59 Å². The molecule has 1 aliphatic rings. The van der Waals surface area contributed by atoms with E-state index in [0.29, 0.717) is 24.9 Å². The highest BCUT2D eigenvalue weighted by Gasteiger charge is 2.31. The van der Waals surface area contributed by atoms with Crippen LogP contribution >= 0.6 is 0 Å². The quantitative estimate of drug-likeness (QED) is 0.793. The van der Waals surface area contributed by atoms with Gasteiger partial charge in [0.2, 0.25) is 0 Å². The van der Waals surface area contributed by atoms with Crippen LogP contribution in [0.5, 0.6) is 0 Å². The minimum atomic E-state index is -0.543. The van der Waals surface area contributed by atoms with Crippen molar-refractivity contribution >= 4 is 5.82 Å². The van der Waals surface area contributed by atoms with Gasteiger partial charge in [0, 0.05) is 33.8 Å². The van der Waals surface area contributed by atoms with Gasteiger partial charge in [-0.05, 0) is 25.2 Å². The van der Waals surface area contributed by atoms with Gasteiger partial charge in [0.25, 0.3) is 5.56 Å². The third kappa shape index (κ3) is 3.17. The summed E-state index contributed by atoms with van der Waals surface area (Å²) in [5.41, 5.74) is -0.943. The number of anilines is 1. The van der Waals surface area contributed by atoms with Crippen LogP contribution in [0.25, 0.3) is 0 Å². The molecule has 0 bridgehead atoms. The molecule has 1 saturated carbocycles. The molecule has 23 heavy (non-hydrogen) atoms. The van der Waals surface area contributed by atoms with E-state index in [1.807, 2.05) is 11.0 Å². The third-order valence-electron chi connectivity index (χ3n) is 4.66. The first-order valence-electron chi connectivity index (χ1n) is 7.88. The van der Waals surface area contributed by atoms with E-state index in [2.05, 4.69) is 6.92 Å². The first kappa shape index (κ1) is 17.3. The van der Waals surface area contributed by atoms with Crippen LogP contribution in [0.3, 0.4) is 0 Å². The van der Waals surface area contributed by atoms with Crippen LogP contribution in [0.1, 0.15) is 31.7 Å². The van der Waals surface area contributed by atoms with Gasteiger partial charge in [-0.1, -0.05) is 6.92 Å². The summed E-state index contributed by atoms with van der Waals surface area (Å²) < 4.78 is 7.56. The van der Waals surface area contributed by atoms with E-state index in [0.717, 1.165) is 23.8 Å². The maximum absolute atomic E-state index is 12.3. The Morgan fingerprint density at radius 3 is 2.52 bits per heavy atom. The van der Waals surface area contributed by atoms with Crippen molar-refractivity contribution in [1.82, 2.24) is 9.13 Å². The molecule has 126 valence electrons. The lowest BCUT2D eigenvalue weighted by molar-refractivity contribution is 0.202. The van der Waals surface area contributed by atoms with Gasteiger partial charge in [0.1, 0.15) is 11.9 Å². The Morgan fingerprint density at radius 2 is 2.00 bits per heavy atom. The minimum Gasteiger partial charge on any atom is -0.383 e. The second-order valence-corrected chi connectivity index (χ2v) is 6.27. The molecule has 2 unspecified atom stereocenters. The largest absolute Gasteiger partial charge is 0.383 e. The van der Waals surface area contributed by atoms with E-state index in [9.17, 15) is 14.9 Å². The average molecular weight is 320 g/mol. The zero-order valence-electron chi connectivity index (χ0n) is 14.2. The Bertz CT molecular complexity index is 729. The van der Waals surface area contributed by atoms with E-state index in [1.165, 1.54) is 11.6 Å². The second kappa shape index (κ2) is 7.01. The van der Waals surface area contributed by atoms with Crippen molar-refractivity contribution in [2.75, 3.05) is 25.2 Å². The summed E-state index contributed by atoms with van der Waals surface area (Å²) >= 11 is 0. The monoisotopic (exact) mass is 320 g/mol. The predicted molar refractivity (Wildman–Crippen MR) is 87.7 cm³/mol. The van der Waals surface area contributed by atoms with Gasteiger partial charge in [-0.3, -0.25) is 13.9 Å². The maximum Gasteiger partial charge on any atom is 0.332 e. The summed E-state index contributed by atoms with van der Waals surface area (Å²) in [6, 6.07) is 2.20. The fourth-order valence-electron chi connectivity index (χ4n) is 3.38. The Morgan fingerprint density at radius 1 is 1.30 bits per heavy atom. The molecule has 7 nitrogen and oxygen atoms in total. The maximum atomic E-state index is 12.3. The molecule has 0 radical (unpaired) electrons. The van der Waals surface area contributed by atoms with Crippen LogP contribution in [-0.4, -0.2) is 35.4 Å². The van der Waals surface area contributed by atoms with Crippen LogP contribution in [0.4, 0.5) is 5.82 Å². The van der Waals surface area contributed by atoms with E-state index < -0.39 is 11.2 Å². The molecular weight excluding hydrogens is 296 g/mol. The smallest absolute Gasteiger partial charge is 0.332 e. The molecule has 1 heterocycles. The van der Waals surface area contributed by atoms with Crippen molar-refractivity contribution in [3.05, 3.63) is 26.4 Å². The summed E-state index contributed by atoms with van der Waals surface area (Å²) in [6.07, 6.45) is 3.08. The standard InChI is InChI=1S/C16H24N4O3/c1-11-5-6-12(9-11)20(7-8-23-4)14-13(10-17)15(21)19(3)16(22)18(14)2/h11-12H,5-9H2,1-4H3. The molecule has 7 heteroatoms. The summed E-state index contributed by atoms with van der Waals surface area (Å²) in [5, 5.41) is 9.47. The van der Waals surface area contributed by atoms with Crippen LogP contribution in [0.2, 0.25) is 0 Å². The van der Waals surface area contributed by atoms with Gasteiger partial charge in [-0.25, -0.2) is 4.79 Å². The van der Waals surface area contributed by atoms with Gasteiger partial charge in [0.05, 0.1) is 6.61 Å². The SMILES string of the molecule is COCCN(c1c(C#N)c(=O)n(C)c(=O)n1C)C1CCC(C)C1. The van der Waals surface area contributed by atoms with E-state index in [1.54, 1.807) is 14.2 Å². The molecule has 0 N–H and O–H groups in total. The molecule has 2 rings (SSSR count). The molecule has 0 aromatic carbocycles. The topological polar surface area (TPSA) is 80.3 Å². The highest BCUT2D eigenvalue weighted by molar-refractivity contribution is 5.54. The Balaban J connectivity index is 2.61. The van der Waals surface area contributed by atoms with Crippen molar-refractivity contribution in [3.8, 4) is 6.07 Å². The number of hydrogen-bond donors (Lipinski definition) is 0. The molecule has 1 fully saturated rings. The number of ether oxygens (including phenoxy) is 1. The molecule has 0 saturated heterocycles. The van der Waals surface area contributed by atoms with Gasteiger partial charge >= 0.3 is 5.69 Å². The van der Waals surface area contributed by atoms with E-state index in [4.69, 9.17) is 4.74 Å². The Hall–Kier alpha value is -2.07. The van der Waals surface area contributed by atoms with Gasteiger partial charge in [0.15, 0.2) is 5.56 Å². The average Bonchev–Trinajstić information content (AvgIpc) is 2.96. The highest BCUT2D eigenvalue weighted by Crippen LogP contribution is 2.32. The lowest BCUT2D eigenvalue weighted by Gasteiger charge is -2.32. The van der Waals surface area contributed by atoms with E-state index >= 15 is 0 Å². The fourth-order valence-corrected chi connectivity index (χ4v) is 3.38. The Labute approximate surface area is 135 Å². The zero-order chi connectivity index (χ0) is 17.1. The van der Waals surface area contributed by atoms with Crippen molar-refractivity contribution < 1.29 is 4.74 Å². The summed E-state index contributed by atoms with van der Waals surface area (Å²) in [4.78, 5) is 26.6. The number of nitriles is 1. The van der Waals surface area contributed by atoms with E-state index in [-0.39, 0.29) is 11.6 Å². The molecule has 1 aromatic rings. The molecule has 1 aliphatic carbocycles. The Kier molecular flexibility index (Phi) is 5.26. The normalized spacial score (nSPS) is 20.5. The van der Waals surface area contributed by atoms with Gasteiger partial charge in [-0.15, -0.1) is 0 Å². The predicted octanol–water partition coefficient (Wildman–Crippen LogP) is 0.597. The summed E-state index contributed by atoms with van der Waals surface area (Å²) in [6.45, 7) is 3.21. The van der Waals surface area contributed by atoms with Crippen molar-refractivity contribution in [2.45, 2.75) is 32.2 Å². The number of nitrogens with zero attached hydrogens (tertiary/aromatic N) is 4. The van der Waals surface area contributed by atoms with Gasteiger partial charge < -0.3 is 9.64 Å². The first-order valence-corrected chi connectivity index (χ1v) is 7.88. The number of hydrogen-bond acceptors (Lipinski definition) is 5. The van der Waals surface area contributed by atoms with Crippen molar-refractivity contribution in [2.24, 2.45) is 20.0 Å². The van der Waals surface area contributed by atoms with Gasteiger partial charge in [-0.2, -0.15) is 5.26 Å². The van der Waals surface area contributed by atoms with Crippen LogP contribution in [-0.2, 0) is 18.8 Å². The first-order chi connectivity index (χ1) is 10.9. The highest BCUT2D eigenvalue weighted by atomic mass is 16.5. The molecule has 0 aliphatic heterocycles. The number of aromatic nitrogens is 2. The lowest BCUT2D eigenvalue weighted by Crippen LogP contribution is -2.46. The van der Waals surface area contributed by atoms with Crippen LogP contribution in [0, 0.1) is 17.2 Å². The second-order valence-electron chi connectivity index (χ2n) is 6.27. The molecule has 1 aromatic heterocycles. The number of rotatable bonds is 5. The molecular formula is C16H24N4O3. The van der Waals surface area contributed by atoms with Crippen LogP contribution < -0.4 is 16.1 Å². The van der Waals surface area contributed by atoms with Crippen molar-refractivity contribution in [3.63, 3.8) is 0 Å². The minimum absolute atomic E-state index is 0.0188. The lowest BCUT2D eigenvalue weighted by atomic mass is 10.1. The molecule has 2 atom stereocenters. The zero-order valence-corrected chi connectivity index (χ0v) is 14.2. The number of methoxy groups -OCH3 is 1. The molecule has 0 spiro atoms. The molecule has 0 amide bonds. The fraction of sp³-hybridized carbons (Fsp3) is 0.688. The third-order valence-corrected chi connectivity index (χ3v) is 4.66. The summed E-state index contributed by atoms with van der Waals surface area (Å²) in [7, 11) is 4.62.